The molecule has 2 aromatic carbocycles. The summed E-state index contributed by atoms with van der Waals surface area (Å²) >= 11 is 0. The second-order valence-corrected chi connectivity index (χ2v) is 6.88. The van der Waals surface area contributed by atoms with Gasteiger partial charge in [-0.25, -0.2) is 4.98 Å². The maximum Gasteiger partial charge on any atom is 0.126 e. The van der Waals surface area contributed by atoms with Crippen molar-refractivity contribution in [1.82, 2.24) is 9.55 Å². The number of hydrogen-bond acceptors (Lipinski definition) is 3. The zero-order valence-corrected chi connectivity index (χ0v) is 15.8. The van der Waals surface area contributed by atoms with Crippen LogP contribution >= 0.6 is 0 Å². The van der Waals surface area contributed by atoms with E-state index in [4.69, 9.17) is 15.5 Å². The first-order valence-electron chi connectivity index (χ1n) is 9.59. The van der Waals surface area contributed by atoms with Crippen LogP contribution in [-0.4, -0.2) is 16.2 Å². The number of fused-ring (bicyclic) bond motifs is 1. The number of para-hydroxylation sites is 2. The lowest BCUT2D eigenvalue weighted by Gasteiger charge is -2.15. The predicted octanol–water partition coefficient (Wildman–Crippen LogP) is 5.00. The third kappa shape index (κ3) is 4.44. The maximum absolute atomic E-state index is 6.44. The number of aromatic nitrogens is 2. The molecule has 4 heteroatoms. The van der Waals surface area contributed by atoms with Gasteiger partial charge in [0, 0.05) is 6.54 Å². The Morgan fingerprint density at radius 1 is 1.12 bits per heavy atom. The van der Waals surface area contributed by atoms with E-state index in [0.717, 1.165) is 54.8 Å². The van der Waals surface area contributed by atoms with Crippen molar-refractivity contribution in [2.45, 2.75) is 52.1 Å². The van der Waals surface area contributed by atoms with Gasteiger partial charge < -0.3 is 15.0 Å². The Hall–Kier alpha value is -2.33. The molecule has 0 bridgehead atoms. The summed E-state index contributed by atoms with van der Waals surface area (Å²) in [6.45, 7) is 5.81. The fourth-order valence-corrected chi connectivity index (χ4v) is 3.28. The third-order valence-corrected chi connectivity index (χ3v) is 4.67. The Labute approximate surface area is 156 Å². The van der Waals surface area contributed by atoms with E-state index >= 15 is 0 Å². The number of rotatable bonds is 9. The molecule has 0 amide bonds. The summed E-state index contributed by atoms with van der Waals surface area (Å²) in [5.74, 6) is 1.93. The van der Waals surface area contributed by atoms with E-state index in [9.17, 15) is 0 Å². The molecule has 1 heterocycles. The van der Waals surface area contributed by atoms with Crippen LogP contribution in [-0.2, 0) is 6.54 Å². The van der Waals surface area contributed by atoms with E-state index in [1.165, 1.54) is 5.56 Å². The van der Waals surface area contributed by atoms with E-state index in [1.807, 2.05) is 18.2 Å². The number of imidazole rings is 1. The summed E-state index contributed by atoms with van der Waals surface area (Å²) in [5, 5.41) is 0. The first-order chi connectivity index (χ1) is 12.7. The molecule has 0 saturated heterocycles. The van der Waals surface area contributed by atoms with Gasteiger partial charge in [-0.05, 0) is 49.6 Å². The average Bonchev–Trinajstić information content (AvgIpc) is 3.02. The molecule has 0 aliphatic heterocycles. The van der Waals surface area contributed by atoms with Crippen LogP contribution in [0.1, 0.15) is 50.0 Å². The summed E-state index contributed by atoms with van der Waals surface area (Å²) in [6.07, 6.45) is 4.17. The van der Waals surface area contributed by atoms with Gasteiger partial charge in [-0.15, -0.1) is 0 Å². The fourth-order valence-electron chi connectivity index (χ4n) is 3.28. The molecule has 3 aromatic rings. The van der Waals surface area contributed by atoms with Crippen LogP contribution in [0.25, 0.3) is 11.0 Å². The van der Waals surface area contributed by atoms with Crippen LogP contribution in [0.3, 0.4) is 0 Å². The number of aryl methyl sites for hydroxylation is 2. The van der Waals surface area contributed by atoms with Gasteiger partial charge in [0.25, 0.3) is 0 Å². The molecule has 0 saturated carbocycles. The monoisotopic (exact) mass is 351 g/mol. The summed E-state index contributed by atoms with van der Waals surface area (Å²) in [4.78, 5) is 4.81. The number of hydrogen-bond donors (Lipinski definition) is 1. The van der Waals surface area contributed by atoms with Gasteiger partial charge in [-0.1, -0.05) is 44.0 Å². The van der Waals surface area contributed by atoms with Crippen molar-refractivity contribution in [2.24, 2.45) is 5.73 Å². The van der Waals surface area contributed by atoms with Crippen LogP contribution in [0, 0.1) is 6.92 Å². The highest BCUT2D eigenvalue weighted by Gasteiger charge is 2.16. The minimum absolute atomic E-state index is 0.0139. The predicted molar refractivity (Wildman–Crippen MR) is 107 cm³/mol. The number of benzene rings is 2. The Balaban J connectivity index is 1.69. The van der Waals surface area contributed by atoms with E-state index < -0.39 is 0 Å². The van der Waals surface area contributed by atoms with E-state index in [-0.39, 0.29) is 6.04 Å². The summed E-state index contributed by atoms with van der Waals surface area (Å²) < 4.78 is 8.17. The molecular weight excluding hydrogens is 322 g/mol. The quantitative estimate of drug-likeness (QED) is 0.552. The lowest BCUT2D eigenvalue weighted by molar-refractivity contribution is 0.301. The smallest absolute Gasteiger partial charge is 0.126 e. The van der Waals surface area contributed by atoms with Gasteiger partial charge in [0.05, 0.1) is 23.7 Å². The van der Waals surface area contributed by atoms with Crippen LogP contribution in [0.2, 0.25) is 0 Å². The van der Waals surface area contributed by atoms with Crippen molar-refractivity contribution < 1.29 is 4.74 Å². The third-order valence-electron chi connectivity index (χ3n) is 4.67. The highest BCUT2D eigenvalue weighted by atomic mass is 16.5. The van der Waals surface area contributed by atoms with Gasteiger partial charge in [-0.2, -0.15) is 0 Å². The molecule has 138 valence electrons. The standard InChI is InChI=1S/C22H29N3O/c1-3-4-11-19(23)22-24-20-12-5-6-13-21(20)25(22)14-8-15-26-18-10-7-9-17(2)16-18/h5-7,9-10,12-13,16,19H,3-4,8,11,14-15,23H2,1-2H3. The molecule has 0 aliphatic carbocycles. The fraction of sp³-hybridized carbons (Fsp3) is 0.409. The van der Waals surface area contributed by atoms with Crippen LogP contribution < -0.4 is 10.5 Å². The lowest BCUT2D eigenvalue weighted by Crippen LogP contribution is -2.17. The van der Waals surface area contributed by atoms with E-state index in [0.29, 0.717) is 6.61 Å². The van der Waals surface area contributed by atoms with Gasteiger partial charge in [0.15, 0.2) is 0 Å². The Bertz CT molecular complexity index is 840. The number of ether oxygens (including phenoxy) is 1. The van der Waals surface area contributed by atoms with Crippen molar-refractivity contribution in [3.63, 3.8) is 0 Å². The van der Waals surface area contributed by atoms with Crippen LogP contribution in [0.4, 0.5) is 0 Å². The number of nitrogens with two attached hydrogens (primary N) is 1. The highest BCUT2D eigenvalue weighted by molar-refractivity contribution is 5.76. The summed E-state index contributed by atoms with van der Waals surface area (Å²) in [6, 6.07) is 16.4. The molecule has 0 fully saturated rings. The number of unbranched alkanes of at least 4 members (excludes halogenated alkanes) is 1. The topological polar surface area (TPSA) is 53.1 Å². The van der Waals surface area contributed by atoms with Gasteiger partial charge in [0.2, 0.25) is 0 Å². The van der Waals surface area contributed by atoms with Gasteiger partial charge in [-0.3, -0.25) is 0 Å². The average molecular weight is 351 g/mol. The van der Waals surface area contributed by atoms with Crippen LogP contribution in [0.5, 0.6) is 5.75 Å². The van der Waals surface area contributed by atoms with E-state index in [2.05, 4.69) is 48.7 Å². The molecule has 2 N–H and O–H groups in total. The van der Waals surface area contributed by atoms with Crippen molar-refractivity contribution in [1.29, 1.82) is 0 Å². The minimum Gasteiger partial charge on any atom is -0.494 e. The second kappa shape index (κ2) is 8.86. The molecular formula is C22H29N3O. The Kier molecular flexibility index (Phi) is 6.29. The first-order valence-corrected chi connectivity index (χ1v) is 9.59. The zero-order chi connectivity index (χ0) is 18.4. The molecule has 4 nitrogen and oxygen atoms in total. The highest BCUT2D eigenvalue weighted by Crippen LogP contribution is 2.23. The first kappa shape index (κ1) is 18.5. The largest absolute Gasteiger partial charge is 0.494 e. The van der Waals surface area contributed by atoms with Crippen molar-refractivity contribution in [2.75, 3.05) is 6.61 Å². The lowest BCUT2D eigenvalue weighted by atomic mass is 10.1. The van der Waals surface area contributed by atoms with Crippen molar-refractivity contribution >= 4 is 11.0 Å². The molecule has 3 rings (SSSR count). The summed E-state index contributed by atoms with van der Waals surface area (Å²) in [7, 11) is 0. The van der Waals surface area contributed by atoms with Gasteiger partial charge >= 0.3 is 0 Å². The molecule has 26 heavy (non-hydrogen) atoms. The number of nitrogens with zero attached hydrogens (tertiary/aromatic N) is 2. The molecule has 0 radical (unpaired) electrons. The maximum atomic E-state index is 6.44. The second-order valence-electron chi connectivity index (χ2n) is 6.88. The Morgan fingerprint density at radius 3 is 2.77 bits per heavy atom. The molecule has 1 atom stereocenters. The summed E-state index contributed by atoms with van der Waals surface area (Å²) in [5.41, 5.74) is 9.84. The minimum atomic E-state index is -0.0139. The SMILES string of the molecule is CCCCC(N)c1nc2ccccc2n1CCCOc1cccc(C)c1. The Morgan fingerprint density at radius 2 is 1.96 bits per heavy atom. The van der Waals surface area contributed by atoms with E-state index in [1.54, 1.807) is 0 Å². The molecule has 1 aromatic heterocycles. The normalized spacial score (nSPS) is 12.4. The van der Waals surface area contributed by atoms with Crippen molar-refractivity contribution in [3.8, 4) is 5.75 Å². The molecule has 0 aliphatic rings. The van der Waals surface area contributed by atoms with Gasteiger partial charge in [0.1, 0.15) is 11.6 Å². The zero-order valence-electron chi connectivity index (χ0n) is 15.8. The molecule has 1 unspecified atom stereocenters. The van der Waals surface area contributed by atoms with Crippen molar-refractivity contribution in [3.05, 3.63) is 59.9 Å². The molecule has 0 spiro atoms. The van der Waals surface area contributed by atoms with Crippen LogP contribution in [0.15, 0.2) is 48.5 Å².